The molecule has 104 valence electrons. The Morgan fingerprint density at radius 2 is 2.37 bits per heavy atom. The normalized spacial score (nSPS) is 21.3. The van der Waals surface area contributed by atoms with Gasteiger partial charge in [-0.3, -0.25) is 4.79 Å². The van der Waals surface area contributed by atoms with E-state index in [4.69, 9.17) is 22.1 Å². The van der Waals surface area contributed by atoms with E-state index in [0.717, 1.165) is 6.07 Å². The molecule has 2 atom stereocenters. The van der Waals surface area contributed by atoms with E-state index in [1.165, 1.54) is 12.1 Å². The number of hydrogen-bond acceptors (Lipinski definition) is 3. The minimum Gasteiger partial charge on any atom is -0.373 e. The summed E-state index contributed by atoms with van der Waals surface area (Å²) < 4.78 is 18.5. The van der Waals surface area contributed by atoms with Gasteiger partial charge in [0.2, 0.25) is 0 Å². The van der Waals surface area contributed by atoms with Gasteiger partial charge in [0.05, 0.1) is 23.3 Å². The third kappa shape index (κ3) is 3.23. The fourth-order valence-electron chi connectivity index (χ4n) is 2.01. The Bertz CT molecular complexity index is 482. The number of halogens is 2. The van der Waals surface area contributed by atoms with Crippen LogP contribution in [0.15, 0.2) is 18.2 Å². The SMILES string of the molecule is C[C@@H](N)[C@H]1CN(C(=O)c2ccc(F)cc2Cl)CCO1. The Hall–Kier alpha value is -1.17. The number of carbonyl (C=O) groups excluding carboxylic acids is 1. The molecule has 0 bridgehead atoms. The first-order valence-electron chi connectivity index (χ1n) is 6.10. The molecule has 0 radical (unpaired) electrons. The molecule has 1 amide bonds. The molecule has 0 spiro atoms. The van der Waals surface area contributed by atoms with Crippen LogP contribution in [0.2, 0.25) is 5.02 Å². The molecule has 0 unspecified atom stereocenters. The summed E-state index contributed by atoms with van der Waals surface area (Å²) in [5.41, 5.74) is 6.08. The van der Waals surface area contributed by atoms with Crippen LogP contribution in [0.5, 0.6) is 0 Å². The van der Waals surface area contributed by atoms with Gasteiger partial charge >= 0.3 is 0 Å². The highest BCUT2D eigenvalue weighted by Gasteiger charge is 2.28. The van der Waals surface area contributed by atoms with Crippen molar-refractivity contribution in [2.45, 2.75) is 19.1 Å². The summed E-state index contributed by atoms with van der Waals surface area (Å²) in [6, 6.07) is 3.61. The van der Waals surface area contributed by atoms with Crippen molar-refractivity contribution in [1.29, 1.82) is 0 Å². The number of rotatable bonds is 2. The second-order valence-corrected chi connectivity index (χ2v) is 5.05. The molecule has 1 heterocycles. The standard InChI is InChI=1S/C13H16ClFN2O2/c1-8(16)12-7-17(4-5-19-12)13(18)10-3-2-9(15)6-11(10)14/h2-3,6,8,12H,4-5,7,16H2,1H3/t8-,12-/m1/s1. The van der Waals surface area contributed by atoms with Crippen LogP contribution >= 0.6 is 11.6 Å². The van der Waals surface area contributed by atoms with E-state index < -0.39 is 5.82 Å². The van der Waals surface area contributed by atoms with Gasteiger partial charge in [-0.25, -0.2) is 4.39 Å². The molecule has 6 heteroatoms. The second kappa shape index (κ2) is 5.86. The lowest BCUT2D eigenvalue weighted by Crippen LogP contribution is -2.51. The molecule has 0 saturated carbocycles. The maximum Gasteiger partial charge on any atom is 0.255 e. The molecule has 19 heavy (non-hydrogen) atoms. The van der Waals surface area contributed by atoms with E-state index in [1.807, 2.05) is 6.92 Å². The van der Waals surface area contributed by atoms with E-state index in [9.17, 15) is 9.18 Å². The van der Waals surface area contributed by atoms with Gasteiger partial charge < -0.3 is 15.4 Å². The lowest BCUT2D eigenvalue weighted by molar-refractivity contribution is -0.0300. The molecular formula is C13H16ClFN2O2. The Kier molecular flexibility index (Phi) is 4.39. The molecule has 1 saturated heterocycles. The van der Waals surface area contributed by atoms with Crippen molar-refractivity contribution in [2.75, 3.05) is 19.7 Å². The molecule has 2 N–H and O–H groups in total. The number of nitrogens with two attached hydrogens (primary N) is 1. The Morgan fingerprint density at radius 1 is 1.63 bits per heavy atom. The molecule has 2 rings (SSSR count). The minimum atomic E-state index is -0.461. The van der Waals surface area contributed by atoms with Gasteiger partial charge in [0, 0.05) is 19.1 Å². The number of amides is 1. The average molecular weight is 287 g/mol. The summed E-state index contributed by atoms with van der Waals surface area (Å²) in [6.07, 6.45) is -0.183. The molecular weight excluding hydrogens is 271 g/mol. The topological polar surface area (TPSA) is 55.6 Å². The zero-order chi connectivity index (χ0) is 14.0. The highest BCUT2D eigenvalue weighted by Crippen LogP contribution is 2.20. The monoisotopic (exact) mass is 286 g/mol. The molecule has 1 aromatic carbocycles. The van der Waals surface area contributed by atoms with Crippen LogP contribution < -0.4 is 5.73 Å². The van der Waals surface area contributed by atoms with Gasteiger partial charge in [0.25, 0.3) is 5.91 Å². The average Bonchev–Trinajstić information content (AvgIpc) is 2.38. The number of morpholine rings is 1. The Balaban J connectivity index is 2.15. The molecule has 1 aromatic rings. The summed E-state index contributed by atoms with van der Waals surface area (Å²) in [5, 5.41) is 0.119. The van der Waals surface area contributed by atoms with Crippen LogP contribution in [0.4, 0.5) is 4.39 Å². The predicted molar refractivity (Wildman–Crippen MR) is 70.7 cm³/mol. The van der Waals surface area contributed by atoms with E-state index in [2.05, 4.69) is 0 Å². The number of hydrogen-bond donors (Lipinski definition) is 1. The predicted octanol–water partition coefficient (Wildman–Crippen LogP) is 1.67. The lowest BCUT2D eigenvalue weighted by atomic mass is 10.1. The lowest BCUT2D eigenvalue weighted by Gasteiger charge is -2.34. The molecule has 0 aliphatic carbocycles. The summed E-state index contributed by atoms with van der Waals surface area (Å²) in [7, 11) is 0. The fourth-order valence-corrected chi connectivity index (χ4v) is 2.26. The maximum atomic E-state index is 13.0. The van der Waals surface area contributed by atoms with Gasteiger partial charge in [0.15, 0.2) is 0 Å². The smallest absolute Gasteiger partial charge is 0.255 e. The van der Waals surface area contributed by atoms with Crippen molar-refractivity contribution in [3.05, 3.63) is 34.6 Å². The highest BCUT2D eigenvalue weighted by molar-refractivity contribution is 6.33. The van der Waals surface area contributed by atoms with Crippen LogP contribution in [-0.4, -0.2) is 42.6 Å². The Labute approximate surface area is 116 Å². The number of carbonyl (C=O) groups is 1. The molecule has 0 aromatic heterocycles. The van der Waals surface area contributed by atoms with Crippen molar-refractivity contribution in [1.82, 2.24) is 4.90 Å². The molecule has 4 nitrogen and oxygen atoms in total. The minimum absolute atomic E-state index is 0.119. The van der Waals surface area contributed by atoms with E-state index in [1.54, 1.807) is 4.90 Å². The fraction of sp³-hybridized carbons (Fsp3) is 0.462. The third-order valence-corrected chi connectivity index (χ3v) is 3.44. The Morgan fingerprint density at radius 3 is 3.00 bits per heavy atom. The maximum absolute atomic E-state index is 13.0. The van der Waals surface area contributed by atoms with Crippen molar-refractivity contribution in [3.8, 4) is 0 Å². The second-order valence-electron chi connectivity index (χ2n) is 4.64. The van der Waals surface area contributed by atoms with Crippen molar-refractivity contribution >= 4 is 17.5 Å². The highest BCUT2D eigenvalue weighted by atomic mass is 35.5. The largest absolute Gasteiger partial charge is 0.373 e. The summed E-state index contributed by atoms with van der Waals surface area (Å²) in [4.78, 5) is 14.0. The molecule has 1 aliphatic rings. The molecule has 1 fully saturated rings. The van der Waals surface area contributed by atoms with Gasteiger partial charge in [0.1, 0.15) is 5.82 Å². The first-order chi connectivity index (χ1) is 8.99. The zero-order valence-corrected chi connectivity index (χ0v) is 11.4. The van der Waals surface area contributed by atoms with Gasteiger partial charge in [-0.2, -0.15) is 0 Å². The number of ether oxygens (including phenoxy) is 1. The van der Waals surface area contributed by atoms with Crippen molar-refractivity contribution in [2.24, 2.45) is 5.73 Å². The zero-order valence-electron chi connectivity index (χ0n) is 10.6. The van der Waals surface area contributed by atoms with E-state index in [0.29, 0.717) is 25.3 Å². The van der Waals surface area contributed by atoms with Gasteiger partial charge in [-0.05, 0) is 25.1 Å². The summed E-state index contributed by atoms with van der Waals surface area (Å²) in [5.74, 6) is -0.684. The summed E-state index contributed by atoms with van der Waals surface area (Å²) in [6.45, 7) is 3.18. The van der Waals surface area contributed by atoms with Gasteiger partial charge in [-0.15, -0.1) is 0 Å². The van der Waals surface area contributed by atoms with Crippen LogP contribution in [0.25, 0.3) is 0 Å². The van der Waals surface area contributed by atoms with Gasteiger partial charge in [-0.1, -0.05) is 11.6 Å². The van der Waals surface area contributed by atoms with Crippen LogP contribution in [0, 0.1) is 5.82 Å². The quantitative estimate of drug-likeness (QED) is 0.900. The summed E-state index contributed by atoms with van der Waals surface area (Å²) >= 11 is 5.90. The first-order valence-corrected chi connectivity index (χ1v) is 6.48. The van der Waals surface area contributed by atoms with E-state index >= 15 is 0 Å². The molecule has 1 aliphatic heterocycles. The van der Waals surface area contributed by atoms with E-state index in [-0.39, 0.29) is 23.1 Å². The number of nitrogens with zero attached hydrogens (tertiary/aromatic N) is 1. The van der Waals surface area contributed by atoms with Crippen molar-refractivity contribution < 1.29 is 13.9 Å². The third-order valence-electron chi connectivity index (χ3n) is 3.13. The van der Waals surface area contributed by atoms with Crippen LogP contribution in [0.1, 0.15) is 17.3 Å². The first kappa shape index (κ1) is 14.2. The van der Waals surface area contributed by atoms with Crippen molar-refractivity contribution in [3.63, 3.8) is 0 Å². The van der Waals surface area contributed by atoms with Crippen LogP contribution in [-0.2, 0) is 4.74 Å². The van der Waals surface area contributed by atoms with Crippen LogP contribution in [0.3, 0.4) is 0 Å². The number of benzene rings is 1.